The number of rotatable bonds is 12. The Labute approximate surface area is 247 Å². The molecule has 10 heteroatoms. The van der Waals surface area contributed by atoms with Crippen LogP contribution in [0.2, 0.25) is 10.0 Å². The molecule has 7 nitrogen and oxygen atoms in total. The van der Waals surface area contributed by atoms with Crippen LogP contribution in [0.3, 0.4) is 0 Å². The van der Waals surface area contributed by atoms with Gasteiger partial charge in [0.25, 0.3) is 0 Å². The van der Waals surface area contributed by atoms with E-state index in [2.05, 4.69) is 5.32 Å². The molecule has 0 fully saturated rings. The van der Waals surface area contributed by atoms with Gasteiger partial charge in [-0.05, 0) is 55.2 Å². The number of anilines is 1. The van der Waals surface area contributed by atoms with Crippen LogP contribution in [-0.4, -0.2) is 50.0 Å². The molecular formula is C30H35Cl2N3O4S. The normalized spacial score (nSPS) is 12.8. The molecule has 3 aromatic rings. The van der Waals surface area contributed by atoms with Crippen molar-refractivity contribution in [2.75, 3.05) is 17.1 Å². The van der Waals surface area contributed by atoms with Crippen molar-refractivity contribution in [1.82, 2.24) is 10.2 Å². The fourth-order valence-electron chi connectivity index (χ4n) is 4.27. The van der Waals surface area contributed by atoms with Gasteiger partial charge in [-0.2, -0.15) is 0 Å². The Morgan fingerprint density at radius 2 is 1.62 bits per heavy atom. The van der Waals surface area contributed by atoms with E-state index < -0.39 is 28.5 Å². The van der Waals surface area contributed by atoms with E-state index in [9.17, 15) is 18.0 Å². The summed E-state index contributed by atoms with van der Waals surface area (Å²) >= 11 is 12.6. The Morgan fingerprint density at radius 3 is 2.23 bits per heavy atom. The highest BCUT2D eigenvalue weighted by Gasteiger charge is 2.34. The first-order chi connectivity index (χ1) is 18.9. The van der Waals surface area contributed by atoms with E-state index in [1.807, 2.05) is 44.2 Å². The quantitative estimate of drug-likeness (QED) is 0.291. The molecule has 3 aromatic carbocycles. The number of aryl methyl sites for hydroxylation is 1. The molecular weight excluding hydrogens is 569 g/mol. The summed E-state index contributed by atoms with van der Waals surface area (Å²) in [5.74, 6) is -0.877. The fourth-order valence-corrected chi connectivity index (χ4v) is 5.64. The number of hydrogen-bond acceptors (Lipinski definition) is 4. The summed E-state index contributed by atoms with van der Waals surface area (Å²) in [4.78, 5) is 29.3. The van der Waals surface area contributed by atoms with Gasteiger partial charge in [0.15, 0.2) is 0 Å². The summed E-state index contributed by atoms with van der Waals surface area (Å²) in [7, 11) is -3.84. The van der Waals surface area contributed by atoms with Crippen LogP contribution in [0, 0.1) is 6.92 Å². The summed E-state index contributed by atoms with van der Waals surface area (Å²) < 4.78 is 26.9. The number of carbonyl (C=O) groups is 2. The maximum atomic E-state index is 14.1. The zero-order valence-corrected chi connectivity index (χ0v) is 25.4. The number of halogens is 2. The largest absolute Gasteiger partial charge is 0.352 e. The van der Waals surface area contributed by atoms with Crippen LogP contribution < -0.4 is 9.62 Å². The van der Waals surface area contributed by atoms with E-state index in [4.69, 9.17) is 23.2 Å². The summed E-state index contributed by atoms with van der Waals surface area (Å²) in [6.45, 7) is 5.12. The molecule has 0 radical (unpaired) electrons. The molecule has 0 heterocycles. The minimum absolute atomic E-state index is 0.0222. The van der Waals surface area contributed by atoms with Crippen molar-refractivity contribution in [3.63, 3.8) is 0 Å². The first kappa shape index (κ1) is 31.5. The third kappa shape index (κ3) is 8.46. The molecule has 0 spiro atoms. The van der Waals surface area contributed by atoms with Crippen molar-refractivity contribution >= 4 is 50.7 Å². The average molecular weight is 605 g/mol. The molecule has 0 aromatic heterocycles. The highest BCUT2D eigenvalue weighted by atomic mass is 35.5. The predicted octanol–water partition coefficient (Wildman–Crippen LogP) is 5.62. The highest BCUT2D eigenvalue weighted by Crippen LogP contribution is 2.26. The van der Waals surface area contributed by atoms with E-state index in [1.165, 1.54) is 4.90 Å². The lowest BCUT2D eigenvalue weighted by Gasteiger charge is -2.34. The van der Waals surface area contributed by atoms with Crippen LogP contribution in [0.15, 0.2) is 72.8 Å². The first-order valence-electron chi connectivity index (χ1n) is 13.0. The molecule has 0 bridgehead atoms. The first-order valence-corrected chi connectivity index (χ1v) is 15.6. The molecule has 214 valence electrons. The number of hydrogen-bond donors (Lipinski definition) is 1. The monoisotopic (exact) mass is 603 g/mol. The van der Waals surface area contributed by atoms with Crippen LogP contribution in [0.5, 0.6) is 0 Å². The van der Waals surface area contributed by atoms with Gasteiger partial charge in [-0.3, -0.25) is 13.9 Å². The number of nitrogens with one attached hydrogen (secondary N) is 1. The fraction of sp³-hybridized carbons (Fsp3) is 0.333. The summed E-state index contributed by atoms with van der Waals surface area (Å²) in [5, 5.41) is 3.77. The number of benzene rings is 3. The van der Waals surface area contributed by atoms with Crippen LogP contribution in [0.25, 0.3) is 0 Å². The van der Waals surface area contributed by atoms with Gasteiger partial charge in [0.1, 0.15) is 12.6 Å². The summed E-state index contributed by atoms with van der Waals surface area (Å²) in [5.41, 5.74) is 2.52. The maximum Gasteiger partial charge on any atom is 0.244 e. The Kier molecular flexibility index (Phi) is 11.0. The van der Waals surface area contributed by atoms with E-state index >= 15 is 0 Å². The second-order valence-electron chi connectivity index (χ2n) is 9.84. The highest BCUT2D eigenvalue weighted by molar-refractivity contribution is 7.92. The molecule has 1 N–H and O–H groups in total. The van der Waals surface area contributed by atoms with Crippen molar-refractivity contribution in [3.8, 4) is 0 Å². The molecule has 0 unspecified atom stereocenters. The van der Waals surface area contributed by atoms with Gasteiger partial charge in [-0.25, -0.2) is 8.42 Å². The molecule has 3 rings (SSSR count). The molecule has 0 aliphatic carbocycles. The van der Waals surface area contributed by atoms with Crippen LogP contribution >= 0.6 is 23.2 Å². The number of para-hydroxylation sites is 1. The zero-order valence-electron chi connectivity index (χ0n) is 23.1. The van der Waals surface area contributed by atoms with Crippen LogP contribution in [-0.2, 0) is 32.6 Å². The van der Waals surface area contributed by atoms with Crippen molar-refractivity contribution < 1.29 is 18.0 Å². The molecule has 0 saturated carbocycles. The Hall–Kier alpha value is -3.07. The Balaban J connectivity index is 2.10. The van der Waals surface area contributed by atoms with Crippen molar-refractivity contribution in [1.29, 1.82) is 0 Å². The number of amides is 2. The lowest BCUT2D eigenvalue weighted by atomic mass is 10.0. The van der Waals surface area contributed by atoms with Gasteiger partial charge in [0, 0.05) is 29.1 Å². The second kappa shape index (κ2) is 14.0. The molecule has 2 amide bonds. The minimum Gasteiger partial charge on any atom is -0.352 e. The molecule has 0 aliphatic heterocycles. The maximum absolute atomic E-state index is 14.1. The summed E-state index contributed by atoms with van der Waals surface area (Å²) in [6.07, 6.45) is 1.99. The third-order valence-electron chi connectivity index (χ3n) is 6.69. The van der Waals surface area contributed by atoms with Gasteiger partial charge >= 0.3 is 0 Å². The third-order valence-corrected chi connectivity index (χ3v) is 8.40. The van der Waals surface area contributed by atoms with Crippen LogP contribution in [0.1, 0.15) is 37.0 Å². The van der Waals surface area contributed by atoms with Gasteiger partial charge in [0.2, 0.25) is 21.8 Å². The second-order valence-corrected chi connectivity index (χ2v) is 12.6. The van der Waals surface area contributed by atoms with E-state index in [1.54, 1.807) is 49.4 Å². The van der Waals surface area contributed by atoms with Crippen molar-refractivity contribution in [3.05, 3.63) is 99.5 Å². The zero-order chi connectivity index (χ0) is 29.4. The lowest BCUT2D eigenvalue weighted by Crippen LogP contribution is -2.54. The minimum atomic E-state index is -3.84. The SMILES string of the molecule is CC[C@@H](C)NC(=O)[C@@H](Cc1ccccc1)N(Cc1ccc(Cl)cc1Cl)C(=O)CN(c1ccccc1C)S(C)(=O)=O. The van der Waals surface area contributed by atoms with Gasteiger partial charge < -0.3 is 10.2 Å². The Bertz CT molecular complexity index is 1430. The van der Waals surface area contributed by atoms with E-state index in [-0.39, 0.29) is 24.9 Å². The standard InChI is InChI=1S/C30H35Cl2N3O4S/c1-5-22(3)33-30(37)28(17-23-12-7-6-8-13-23)34(19-24-15-16-25(31)18-26(24)32)29(36)20-35(40(4,38)39)27-14-10-9-11-21(27)2/h6-16,18,22,28H,5,17,19-20H2,1-4H3,(H,33,37)/t22-,28-/m1/s1. The Morgan fingerprint density at radius 1 is 0.975 bits per heavy atom. The van der Waals surface area contributed by atoms with Gasteiger partial charge in [-0.15, -0.1) is 0 Å². The number of nitrogens with zero attached hydrogens (tertiary/aromatic N) is 2. The van der Waals surface area contributed by atoms with Gasteiger partial charge in [-0.1, -0.05) is 84.7 Å². The van der Waals surface area contributed by atoms with E-state index in [0.29, 0.717) is 33.3 Å². The predicted molar refractivity (Wildman–Crippen MR) is 162 cm³/mol. The van der Waals surface area contributed by atoms with Crippen LogP contribution in [0.4, 0.5) is 5.69 Å². The van der Waals surface area contributed by atoms with Crippen molar-refractivity contribution in [2.24, 2.45) is 0 Å². The molecule has 2 atom stereocenters. The average Bonchev–Trinajstić information content (AvgIpc) is 2.90. The molecule has 0 saturated heterocycles. The molecule has 40 heavy (non-hydrogen) atoms. The van der Waals surface area contributed by atoms with Gasteiger partial charge in [0.05, 0.1) is 11.9 Å². The molecule has 0 aliphatic rings. The lowest BCUT2D eigenvalue weighted by molar-refractivity contribution is -0.140. The smallest absolute Gasteiger partial charge is 0.244 e. The van der Waals surface area contributed by atoms with Crippen molar-refractivity contribution in [2.45, 2.75) is 52.2 Å². The topological polar surface area (TPSA) is 86.8 Å². The van der Waals surface area contributed by atoms with E-state index in [0.717, 1.165) is 16.1 Å². The number of carbonyl (C=O) groups excluding carboxylic acids is 2. The number of sulfonamides is 1. The summed E-state index contributed by atoms with van der Waals surface area (Å²) in [6, 6.07) is 20.2.